The van der Waals surface area contributed by atoms with E-state index in [2.05, 4.69) is 28.7 Å². The van der Waals surface area contributed by atoms with Crippen LogP contribution in [0.2, 0.25) is 0 Å². The molecule has 0 saturated heterocycles. The van der Waals surface area contributed by atoms with Crippen LogP contribution in [0.15, 0.2) is 12.4 Å². The lowest BCUT2D eigenvalue weighted by atomic mass is 9.97. The lowest BCUT2D eigenvalue weighted by Gasteiger charge is -2.28. The van der Waals surface area contributed by atoms with Gasteiger partial charge in [0.1, 0.15) is 5.82 Å². The standard InChI is InChI=1S/C12H23N3O/c1-9(2)12(16-5)10(13-3)8-11-14-6-7-15(11)4/h6-7,9-10,12-13H,8H2,1-5H3. The minimum atomic E-state index is 0.210. The van der Waals surface area contributed by atoms with Crippen LogP contribution in [0.5, 0.6) is 0 Å². The second-order valence-electron chi connectivity index (χ2n) is 4.50. The first kappa shape index (κ1) is 13.2. The number of aryl methyl sites for hydroxylation is 1. The maximum atomic E-state index is 5.55. The Morgan fingerprint density at radius 2 is 2.19 bits per heavy atom. The molecule has 1 heterocycles. The van der Waals surface area contributed by atoms with E-state index in [1.54, 1.807) is 7.11 Å². The van der Waals surface area contributed by atoms with Crippen molar-refractivity contribution in [1.82, 2.24) is 14.9 Å². The van der Waals surface area contributed by atoms with Crippen molar-refractivity contribution in [2.75, 3.05) is 14.2 Å². The van der Waals surface area contributed by atoms with Crippen molar-refractivity contribution in [2.45, 2.75) is 32.4 Å². The number of rotatable bonds is 6. The fourth-order valence-electron chi connectivity index (χ4n) is 2.07. The lowest BCUT2D eigenvalue weighted by molar-refractivity contribution is 0.0347. The monoisotopic (exact) mass is 225 g/mol. The van der Waals surface area contributed by atoms with Gasteiger partial charge in [0.25, 0.3) is 0 Å². The second kappa shape index (κ2) is 6.01. The largest absolute Gasteiger partial charge is 0.380 e. The summed E-state index contributed by atoms with van der Waals surface area (Å²) in [4.78, 5) is 4.35. The Kier molecular flexibility index (Phi) is 4.96. The van der Waals surface area contributed by atoms with Gasteiger partial charge in [-0.25, -0.2) is 4.98 Å². The summed E-state index contributed by atoms with van der Waals surface area (Å²) in [7, 11) is 5.77. The van der Waals surface area contributed by atoms with Crippen molar-refractivity contribution in [3.05, 3.63) is 18.2 Å². The molecule has 92 valence electrons. The number of likely N-dealkylation sites (N-methyl/N-ethyl adjacent to an activating group) is 1. The average Bonchev–Trinajstić information content (AvgIpc) is 2.63. The Bertz CT molecular complexity index is 309. The van der Waals surface area contributed by atoms with E-state index in [1.165, 1.54) is 0 Å². The predicted octanol–water partition coefficient (Wildman–Crippen LogP) is 1.22. The predicted molar refractivity (Wildman–Crippen MR) is 65.4 cm³/mol. The molecule has 0 aromatic carbocycles. The van der Waals surface area contributed by atoms with Gasteiger partial charge < -0.3 is 14.6 Å². The van der Waals surface area contributed by atoms with E-state index in [0.29, 0.717) is 12.0 Å². The number of ether oxygens (including phenoxy) is 1. The molecule has 0 fully saturated rings. The Labute approximate surface area is 98.0 Å². The zero-order valence-corrected chi connectivity index (χ0v) is 10.9. The molecule has 0 bridgehead atoms. The number of hydrogen-bond acceptors (Lipinski definition) is 3. The Morgan fingerprint density at radius 1 is 1.50 bits per heavy atom. The fourth-order valence-corrected chi connectivity index (χ4v) is 2.07. The molecule has 4 nitrogen and oxygen atoms in total. The third kappa shape index (κ3) is 3.06. The number of imidazole rings is 1. The van der Waals surface area contributed by atoms with Gasteiger partial charge in [-0.05, 0) is 13.0 Å². The zero-order chi connectivity index (χ0) is 12.1. The number of nitrogens with one attached hydrogen (secondary N) is 1. The van der Waals surface area contributed by atoms with Gasteiger partial charge in [0.15, 0.2) is 0 Å². The molecule has 1 rings (SSSR count). The molecule has 4 heteroatoms. The molecule has 0 spiro atoms. The number of methoxy groups -OCH3 is 1. The molecule has 1 aromatic heterocycles. The van der Waals surface area contributed by atoms with Crippen LogP contribution in [0.4, 0.5) is 0 Å². The van der Waals surface area contributed by atoms with E-state index >= 15 is 0 Å². The van der Waals surface area contributed by atoms with Gasteiger partial charge in [-0.15, -0.1) is 0 Å². The van der Waals surface area contributed by atoms with E-state index in [0.717, 1.165) is 12.2 Å². The van der Waals surface area contributed by atoms with Crippen molar-refractivity contribution in [2.24, 2.45) is 13.0 Å². The summed E-state index contributed by atoms with van der Waals surface area (Å²) in [6.07, 6.45) is 4.90. The third-order valence-electron chi connectivity index (χ3n) is 3.02. The highest BCUT2D eigenvalue weighted by Crippen LogP contribution is 2.13. The molecule has 16 heavy (non-hydrogen) atoms. The van der Waals surface area contributed by atoms with Crippen LogP contribution in [-0.2, 0) is 18.2 Å². The SMILES string of the molecule is CNC(Cc1nccn1C)C(OC)C(C)C. The minimum absolute atomic E-state index is 0.210. The van der Waals surface area contributed by atoms with Gasteiger partial charge in [0.05, 0.1) is 6.10 Å². The molecular formula is C12H23N3O. The summed E-state index contributed by atoms with van der Waals surface area (Å²) in [5.41, 5.74) is 0. The Morgan fingerprint density at radius 3 is 2.56 bits per heavy atom. The van der Waals surface area contributed by atoms with Crippen molar-refractivity contribution in [3.8, 4) is 0 Å². The van der Waals surface area contributed by atoms with E-state index in [4.69, 9.17) is 4.74 Å². The molecule has 0 aliphatic rings. The van der Waals surface area contributed by atoms with Crippen LogP contribution in [0.3, 0.4) is 0 Å². The molecule has 0 aliphatic heterocycles. The molecule has 2 unspecified atom stereocenters. The molecule has 0 saturated carbocycles. The van der Waals surface area contributed by atoms with E-state index in [-0.39, 0.29) is 6.10 Å². The minimum Gasteiger partial charge on any atom is -0.380 e. The van der Waals surface area contributed by atoms with Crippen molar-refractivity contribution in [1.29, 1.82) is 0 Å². The van der Waals surface area contributed by atoms with Crippen LogP contribution >= 0.6 is 0 Å². The maximum absolute atomic E-state index is 5.55. The number of aromatic nitrogens is 2. The molecule has 0 radical (unpaired) electrons. The second-order valence-corrected chi connectivity index (χ2v) is 4.50. The first-order chi connectivity index (χ1) is 7.60. The third-order valence-corrected chi connectivity index (χ3v) is 3.02. The van der Waals surface area contributed by atoms with Crippen LogP contribution < -0.4 is 5.32 Å². The Hall–Kier alpha value is -0.870. The van der Waals surface area contributed by atoms with Crippen LogP contribution in [0.25, 0.3) is 0 Å². The smallest absolute Gasteiger partial charge is 0.110 e. The first-order valence-corrected chi connectivity index (χ1v) is 5.76. The first-order valence-electron chi connectivity index (χ1n) is 5.76. The van der Waals surface area contributed by atoms with Crippen LogP contribution in [0.1, 0.15) is 19.7 Å². The van der Waals surface area contributed by atoms with Gasteiger partial charge >= 0.3 is 0 Å². The van der Waals surface area contributed by atoms with Gasteiger partial charge in [-0.3, -0.25) is 0 Å². The topological polar surface area (TPSA) is 39.1 Å². The zero-order valence-electron chi connectivity index (χ0n) is 10.9. The highest BCUT2D eigenvalue weighted by molar-refractivity contribution is 4.96. The normalized spacial score (nSPS) is 15.4. The van der Waals surface area contributed by atoms with Crippen LogP contribution in [-0.4, -0.2) is 35.9 Å². The Balaban J connectivity index is 2.71. The summed E-state index contributed by atoms with van der Waals surface area (Å²) < 4.78 is 7.61. The fraction of sp³-hybridized carbons (Fsp3) is 0.750. The van der Waals surface area contributed by atoms with Crippen molar-refractivity contribution in [3.63, 3.8) is 0 Å². The molecular weight excluding hydrogens is 202 g/mol. The summed E-state index contributed by atoms with van der Waals surface area (Å²) in [6, 6.07) is 0.297. The van der Waals surface area contributed by atoms with Gasteiger partial charge in [0, 0.05) is 39.0 Å². The summed E-state index contributed by atoms with van der Waals surface area (Å²) in [6.45, 7) is 4.36. The molecule has 0 amide bonds. The number of hydrogen-bond donors (Lipinski definition) is 1. The van der Waals surface area contributed by atoms with Gasteiger partial charge in [-0.1, -0.05) is 13.8 Å². The van der Waals surface area contributed by atoms with E-state index in [9.17, 15) is 0 Å². The highest BCUT2D eigenvalue weighted by atomic mass is 16.5. The lowest BCUT2D eigenvalue weighted by Crippen LogP contribution is -2.44. The van der Waals surface area contributed by atoms with E-state index in [1.807, 2.05) is 26.5 Å². The van der Waals surface area contributed by atoms with Crippen molar-refractivity contribution >= 4 is 0 Å². The molecule has 2 atom stereocenters. The summed E-state index contributed by atoms with van der Waals surface area (Å²) >= 11 is 0. The van der Waals surface area contributed by atoms with Gasteiger partial charge in [0.2, 0.25) is 0 Å². The molecule has 1 aromatic rings. The average molecular weight is 225 g/mol. The quantitative estimate of drug-likeness (QED) is 0.791. The van der Waals surface area contributed by atoms with Gasteiger partial charge in [-0.2, -0.15) is 0 Å². The van der Waals surface area contributed by atoms with Crippen LogP contribution in [0, 0.1) is 5.92 Å². The van der Waals surface area contributed by atoms with Crippen molar-refractivity contribution < 1.29 is 4.74 Å². The summed E-state index contributed by atoms with van der Waals surface area (Å²) in [5, 5.41) is 3.32. The molecule has 0 aliphatic carbocycles. The number of nitrogens with zero attached hydrogens (tertiary/aromatic N) is 2. The summed E-state index contributed by atoms with van der Waals surface area (Å²) in [5.74, 6) is 1.57. The molecule has 1 N–H and O–H groups in total. The maximum Gasteiger partial charge on any atom is 0.110 e. The van der Waals surface area contributed by atoms with E-state index < -0.39 is 0 Å². The highest BCUT2D eigenvalue weighted by Gasteiger charge is 2.24.